The molecule has 3 aromatic heterocycles. The van der Waals surface area contributed by atoms with E-state index in [1.54, 1.807) is 30.5 Å². The van der Waals surface area contributed by atoms with E-state index in [4.69, 9.17) is 4.42 Å². The molecule has 1 N–H and O–H groups in total. The molecule has 0 amide bonds. The Morgan fingerprint density at radius 1 is 1.10 bits per heavy atom. The first-order valence-electron chi connectivity index (χ1n) is 9.32. The van der Waals surface area contributed by atoms with Crippen molar-refractivity contribution in [2.24, 2.45) is 0 Å². The van der Waals surface area contributed by atoms with Crippen LogP contribution in [0, 0.1) is 13.8 Å². The van der Waals surface area contributed by atoms with Crippen LogP contribution in [0.4, 0.5) is 0 Å². The molecule has 1 aromatic carbocycles. The number of carbonyl (C=O) groups is 2. The molecule has 0 spiro atoms. The van der Waals surface area contributed by atoms with Crippen molar-refractivity contribution in [2.75, 3.05) is 0 Å². The molecule has 8 nitrogen and oxygen atoms in total. The quantitative estimate of drug-likeness (QED) is 0.494. The number of benzene rings is 1. The molecule has 0 atom stereocenters. The monoisotopic (exact) mass is 405 g/mol. The van der Waals surface area contributed by atoms with Crippen LogP contribution in [0.5, 0.6) is 0 Å². The smallest absolute Gasteiger partial charge is 0.357 e. The van der Waals surface area contributed by atoms with Crippen LogP contribution in [0.15, 0.2) is 57.9 Å². The van der Waals surface area contributed by atoms with Gasteiger partial charge in [0.25, 0.3) is 5.56 Å². The van der Waals surface area contributed by atoms with Crippen LogP contribution in [-0.4, -0.2) is 31.2 Å². The lowest BCUT2D eigenvalue weighted by Gasteiger charge is -2.09. The summed E-state index contributed by atoms with van der Waals surface area (Å²) in [6, 6.07) is 11.7. The van der Waals surface area contributed by atoms with Crippen molar-refractivity contribution in [3.63, 3.8) is 0 Å². The summed E-state index contributed by atoms with van der Waals surface area (Å²) in [6.45, 7) is 3.84. The van der Waals surface area contributed by atoms with Gasteiger partial charge in [0.05, 0.1) is 18.2 Å². The first kappa shape index (κ1) is 19.4. The Bertz CT molecular complexity index is 1330. The number of hydrogen-bond donors (Lipinski definition) is 1. The summed E-state index contributed by atoms with van der Waals surface area (Å²) in [5.74, 6) is -0.826. The number of furan rings is 1. The molecule has 8 heteroatoms. The van der Waals surface area contributed by atoms with Crippen molar-refractivity contribution >= 4 is 22.5 Å². The molecule has 0 fully saturated rings. The van der Waals surface area contributed by atoms with E-state index in [1.165, 1.54) is 12.1 Å². The van der Waals surface area contributed by atoms with Gasteiger partial charge in [-0.15, -0.1) is 0 Å². The standard InChI is InChI=1S/C22H19N3O5/c1-13-10-18(14(2)24(13)11-15-6-5-9-30-15)19(26)12-25-21(27)17-8-4-3-7-16(17)20(23-25)22(28)29/h3-10H,11-12H2,1-2H3,(H,28,29). The fourth-order valence-electron chi connectivity index (χ4n) is 3.61. The van der Waals surface area contributed by atoms with Crippen LogP contribution in [0.2, 0.25) is 0 Å². The van der Waals surface area contributed by atoms with Gasteiger partial charge in [0.1, 0.15) is 12.3 Å². The zero-order valence-electron chi connectivity index (χ0n) is 16.5. The second kappa shape index (κ2) is 7.47. The SMILES string of the molecule is Cc1cc(C(=O)Cn2nc(C(=O)O)c3ccccc3c2=O)c(C)n1Cc1ccco1. The molecule has 30 heavy (non-hydrogen) atoms. The summed E-state index contributed by atoms with van der Waals surface area (Å²) in [7, 11) is 0. The number of nitrogens with zero attached hydrogens (tertiary/aromatic N) is 3. The van der Waals surface area contributed by atoms with E-state index in [0.717, 1.165) is 21.8 Å². The Labute approximate surface area is 171 Å². The lowest BCUT2D eigenvalue weighted by atomic mass is 10.1. The maximum absolute atomic E-state index is 13.0. The lowest BCUT2D eigenvalue weighted by Crippen LogP contribution is -2.29. The lowest BCUT2D eigenvalue weighted by molar-refractivity contribution is 0.0688. The number of carboxylic acid groups (broad SMARTS) is 1. The minimum absolute atomic E-state index is 0.209. The van der Waals surface area contributed by atoms with Crippen LogP contribution in [0.1, 0.15) is 38.0 Å². The molecule has 0 unspecified atom stereocenters. The summed E-state index contributed by atoms with van der Waals surface area (Å²) >= 11 is 0. The predicted octanol–water partition coefficient (Wildman–Crippen LogP) is 3.04. The summed E-state index contributed by atoms with van der Waals surface area (Å²) in [5.41, 5.74) is 1.30. The normalized spacial score (nSPS) is 11.1. The Morgan fingerprint density at radius 2 is 1.83 bits per heavy atom. The van der Waals surface area contributed by atoms with Crippen molar-refractivity contribution in [1.82, 2.24) is 14.3 Å². The second-order valence-electron chi connectivity index (χ2n) is 7.04. The highest BCUT2D eigenvalue weighted by molar-refractivity contribution is 6.01. The number of aromatic nitrogens is 3. The number of carbonyl (C=O) groups excluding carboxylic acids is 1. The van der Waals surface area contributed by atoms with E-state index in [-0.39, 0.29) is 28.8 Å². The molecule has 152 valence electrons. The Kier molecular flexibility index (Phi) is 4.83. The highest BCUT2D eigenvalue weighted by Gasteiger charge is 2.20. The van der Waals surface area contributed by atoms with E-state index in [0.29, 0.717) is 12.1 Å². The molecule has 0 saturated heterocycles. The zero-order valence-corrected chi connectivity index (χ0v) is 16.5. The van der Waals surface area contributed by atoms with Gasteiger partial charge in [-0.1, -0.05) is 18.2 Å². The highest BCUT2D eigenvalue weighted by atomic mass is 16.4. The molecule has 0 aliphatic heterocycles. The van der Waals surface area contributed by atoms with Crippen molar-refractivity contribution in [3.8, 4) is 0 Å². The number of Topliss-reactive ketones (excluding diaryl/α,β-unsaturated/α-hetero) is 1. The van der Waals surface area contributed by atoms with Gasteiger partial charge < -0.3 is 14.1 Å². The molecule has 4 rings (SSSR count). The van der Waals surface area contributed by atoms with Crippen LogP contribution in [0.3, 0.4) is 0 Å². The largest absolute Gasteiger partial charge is 0.476 e. The van der Waals surface area contributed by atoms with E-state index >= 15 is 0 Å². The van der Waals surface area contributed by atoms with Crippen molar-refractivity contribution in [2.45, 2.75) is 26.9 Å². The molecule has 0 bridgehead atoms. The number of hydrogen-bond acceptors (Lipinski definition) is 5. The highest BCUT2D eigenvalue weighted by Crippen LogP contribution is 2.19. The molecule has 0 aliphatic carbocycles. The van der Waals surface area contributed by atoms with Gasteiger partial charge in [0, 0.05) is 22.3 Å². The van der Waals surface area contributed by atoms with Crippen molar-refractivity contribution in [3.05, 3.63) is 87.5 Å². The molecule has 4 aromatic rings. The molecule has 3 heterocycles. The fraction of sp³-hybridized carbons (Fsp3) is 0.182. The van der Waals surface area contributed by atoms with Crippen molar-refractivity contribution < 1.29 is 19.1 Å². The second-order valence-corrected chi connectivity index (χ2v) is 7.04. The number of ketones is 1. The molecule has 0 radical (unpaired) electrons. The predicted molar refractivity (Wildman–Crippen MR) is 109 cm³/mol. The Balaban J connectivity index is 1.71. The topological polar surface area (TPSA) is 107 Å². The van der Waals surface area contributed by atoms with Crippen LogP contribution < -0.4 is 5.56 Å². The fourth-order valence-corrected chi connectivity index (χ4v) is 3.61. The number of aromatic carboxylic acids is 1. The van der Waals surface area contributed by atoms with E-state index in [1.807, 2.05) is 24.5 Å². The average Bonchev–Trinajstić information content (AvgIpc) is 3.33. The van der Waals surface area contributed by atoms with Crippen LogP contribution >= 0.6 is 0 Å². The number of rotatable bonds is 6. The summed E-state index contributed by atoms with van der Waals surface area (Å²) in [6.07, 6.45) is 1.59. The van der Waals surface area contributed by atoms with E-state index < -0.39 is 11.5 Å². The van der Waals surface area contributed by atoms with Crippen molar-refractivity contribution in [1.29, 1.82) is 0 Å². The first-order valence-corrected chi connectivity index (χ1v) is 9.32. The Hall–Kier alpha value is -3.94. The third-order valence-electron chi connectivity index (χ3n) is 5.13. The van der Waals surface area contributed by atoms with Gasteiger partial charge in [-0.05, 0) is 38.1 Å². The average molecular weight is 405 g/mol. The summed E-state index contributed by atoms with van der Waals surface area (Å²) in [4.78, 5) is 37.4. The van der Waals surface area contributed by atoms with Gasteiger partial charge in [0.15, 0.2) is 11.5 Å². The summed E-state index contributed by atoms with van der Waals surface area (Å²) in [5, 5.41) is 13.9. The Morgan fingerprint density at radius 3 is 2.50 bits per heavy atom. The van der Waals surface area contributed by atoms with E-state index in [2.05, 4.69) is 5.10 Å². The molecule has 0 saturated carbocycles. The number of aryl methyl sites for hydroxylation is 1. The molecular weight excluding hydrogens is 386 g/mol. The minimum atomic E-state index is -1.26. The third-order valence-corrected chi connectivity index (χ3v) is 5.13. The summed E-state index contributed by atoms with van der Waals surface area (Å²) < 4.78 is 8.26. The number of fused-ring (bicyclic) bond motifs is 1. The van der Waals surface area contributed by atoms with Gasteiger partial charge in [0.2, 0.25) is 0 Å². The van der Waals surface area contributed by atoms with Gasteiger partial charge in [-0.2, -0.15) is 5.10 Å². The van der Waals surface area contributed by atoms with Gasteiger partial charge in [-0.3, -0.25) is 9.59 Å². The maximum atomic E-state index is 13.0. The first-order chi connectivity index (χ1) is 14.4. The van der Waals surface area contributed by atoms with Gasteiger partial charge >= 0.3 is 5.97 Å². The van der Waals surface area contributed by atoms with E-state index in [9.17, 15) is 19.5 Å². The zero-order chi connectivity index (χ0) is 21.4. The van der Waals surface area contributed by atoms with Crippen LogP contribution in [-0.2, 0) is 13.1 Å². The minimum Gasteiger partial charge on any atom is -0.476 e. The maximum Gasteiger partial charge on any atom is 0.357 e. The number of carboxylic acids is 1. The molecule has 0 aliphatic rings. The molecular formula is C22H19N3O5. The third kappa shape index (κ3) is 3.32. The van der Waals surface area contributed by atoms with Crippen LogP contribution in [0.25, 0.3) is 10.8 Å². The van der Waals surface area contributed by atoms with Gasteiger partial charge in [-0.25, -0.2) is 9.48 Å².